The Hall–Kier alpha value is -4.10. The summed E-state index contributed by atoms with van der Waals surface area (Å²) in [6.45, 7) is 4.31. The zero-order chi connectivity index (χ0) is 24.6. The molecule has 4 aromatic rings. The van der Waals surface area contributed by atoms with Gasteiger partial charge in [0, 0.05) is 50.0 Å². The zero-order valence-electron chi connectivity index (χ0n) is 20.6. The monoisotopic (exact) mass is 478 g/mol. The molecule has 2 N–H and O–H groups in total. The number of hydrogen-bond acceptors (Lipinski definition) is 5. The van der Waals surface area contributed by atoms with Crippen LogP contribution in [-0.2, 0) is 0 Å². The molecule has 0 radical (unpaired) electrons. The van der Waals surface area contributed by atoms with Crippen LogP contribution >= 0.6 is 0 Å². The average molecular weight is 479 g/mol. The first-order chi connectivity index (χ1) is 17.6. The molecule has 7 nitrogen and oxygen atoms in total. The lowest BCUT2D eigenvalue weighted by atomic mass is 9.98. The van der Waals surface area contributed by atoms with Crippen LogP contribution in [0.25, 0.3) is 22.4 Å². The van der Waals surface area contributed by atoms with E-state index in [1.165, 1.54) is 11.3 Å². The molecule has 1 atom stereocenters. The predicted octanol–water partition coefficient (Wildman–Crippen LogP) is 4.37. The van der Waals surface area contributed by atoms with Crippen molar-refractivity contribution in [2.75, 3.05) is 50.1 Å². The minimum atomic E-state index is -0.312. The number of likely N-dealkylation sites (N-methyl/N-ethyl adjacent to an activating group) is 1. The van der Waals surface area contributed by atoms with Crippen molar-refractivity contribution in [3.63, 3.8) is 0 Å². The van der Waals surface area contributed by atoms with Gasteiger partial charge < -0.3 is 20.0 Å². The molecule has 0 spiro atoms. The molecule has 36 heavy (non-hydrogen) atoms. The smallest absolute Gasteiger partial charge is 0.255 e. The summed E-state index contributed by atoms with van der Waals surface area (Å²) >= 11 is 0. The fourth-order valence-electron chi connectivity index (χ4n) is 5.22. The highest BCUT2D eigenvalue weighted by atomic mass is 16.2. The van der Waals surface area contributed by atoms with Crippen molar-refractivity contribution in [1.82, 2.24) is 20.4 Å². The molecule has 6 rings (SSSR count). The summed E-state index contributed by atoms with van der Waals surface area (Å²) in [7, 11) is 4.18. The van der Waals surface area contributed by atoms with Gasteiger partial charge in [-0.3, -0.25) is 9.89 Å². The van der Waals surface area contributed by atoms with E-state index in [2.05, 4.69) is 85.8 Å². The number of benzene rings is 3. The summed E-state index contributed by atoms with van der Waals surface area (Å²) in [5, 5.41) is 10.7. The third kappa shape index (κ3) is 4.01. The maximum absolute atomic E-state index is 12.8. The number of piperazine rings is 1. The molecule has 1 amide bonds. The van der Waals surface area contributed by atoms with E-state index in [4.69, 9.17) is 0 Å². The average Bonchev–Trinajstić information content (AvgIpc) is 3.41. The highest BCUT2D eigenvalue weighted by Gasteiger charge is 2.31. The van der Waals surface area contributed by atoms with Gasteiger partial charge in [0.2, 0.25) is 0 Å². The van der Waals surface area contributed by atoms with Gasteiger partial charge in [-0.1, -0.05) is 42.5 Å². The quantitative estimate of drug-likeness (QED) is 0.456. The third-order valence-corrected chi connectivity index (χ3v) is 7.37. The topological polar surface area (TPSA) is 67.5 Å². The van der Waals surface area contributed by atoms with Gasteiger partial charge in [-0.05, 0) is 48.5 Å². The maximum atomic E-state index is 12.8. The molecule has 3 aromatic carbocycles. The van der Waals surface area contributed by atoms with E-state index in [1.807, 2.05) is 37.5 Å². The van der Waals surface area contributed by atoms with Crippen LogP contribution in [0.3, 0.4) is 0 Å². The van der Waals surface area contributed by atoms with Gasteiger partial charge in [-0.2, -0.15) is 5.10 Å². The second kappa shape index (κ2) is 9.17. The van der Waals surface area contributed by atoms with Crippen molar-refractivity contribution in [1.29, 1.82) is 0 Å². The molecule has 0 bridgehead atoms. The van der Waals surface area contributed by atoms with Crippen molar-refractivity contribution in [3.8, 4) is 22.4 Å². The lowest BCUT2D eigenvalue weighted by Crippen LogP contribution is -2.44. The number of H-pyrrole nitrogens is 1. The Bertz CT molecular complexity index is 1390. The number of carbonyl (C=O) groups is 1. The Balaban J connectivity index is 1.28. The lowest BCUT2D eigenvalue weighted by molar-refractivity contribution is 0.0928. The van der Waals surface area contributed by atoms with Gasteiger partial charge in [0.1, 0.15) is 6.17 Å². The van der Waals surface area contributed by atoms with E-state index in [-0.39, 0.29) is 12.1 Å². The Morgan fingerprint density at radius 1 is 0.833 bits per heavy atom. The summed E-state index contributed by atoms with van der Waals surface area (Å²) in [4.78, 5) is 19.7. The summed E-state index contributed by atoms with van der Waals surface area (Å²) in [6.07, 6.45) is 1.50. The second-order valence-corrected chi connectivity index (χ2v) is 9.62. The first kappa shape index (κ1) is 22.4. The lowest BCUT2D eigenvalue weighted by Gasteiger charge is -2.36. The number of aromatic nitrogens is 2. The van der Waals surface area contributed by atoms with Gasteiger partial charge in [0.05, 0.1) is 23.1 Å². The molecule has 1 saturated heterocycles. The Morgan fingerprint density at radius 2 is 1.58 bits per heavy atom. The summed E-state index contributed by atoms with van der Waals surface area (Å²) in [5.74, 6) is -0.0740. The number of rotatable bonds is 4. The summed E-state index contributed by atoms with van der Waals surface area (Å²) < 4.78 is 0. The number of amides is 1. The van der Waals surface area contributed by atoms with E-state index in [0.29, 0.717) is 5.56 Å². The van der Waals surface area contributed by atoms with Crippen LogP contribution in [0, 0.1) is 0 Å². The van der Waals surface area contributed by atoms with Crippen LogP contribution < -0.4 is 15.1 Å². The maximum Gasteiger partial charge on any atom is 0.255 e. The van der Waals surface area contributed by atoms with E-state index >= 15 is 0 Å². The van der Waals surface area contributed by atoms with Crippen molar-refractivity contribution >= 4 is 17.3 Å². The number of para-hydroxylation sites is 1. The molecule has 0 aliphatic carbocycles. The van der Waals surface area contributed by atoms with Crippen molar-refractivity contribution in [2.45, 2.75) is 6.17 Å². The first-order valence-corrected chi connectivity index (χ1v) is 12.4. The predicted molar refractivity (Wildman–Crippen MR) is 144 cm³/mol. The number of aromatic amines is 1. The summed E-state index contributed by atoms with van der Waals surface area (Å²) in [6, 6.07) is 25.0. The fraction of sp³-hybridized carbons (Fsp3) is 0.241. The SMILES string of the molecule is CN1CCN(c2ccc(-c3cccc(-c4[nH]ncc4C4NC(=O)c5ccccc5N4C)c3)cc2)CC1. The number of nitrogens with one attached hydrogen (secondary N) is 2. The van der Waals surface area contributed by atoms with E-state index in [1.54, 1.807) is 0 Å². The summed E-state index contributed by atoms with van der Waals surface area (Å²) in [5.41, 5.74) is 8.05. The molecule has 1 aromatic heterocycles. The van der Waals surface area contributed by atoms with Crippen LogP contribution in [0.15, 0.2) is 79.0 Å². The number of nitrogens with zero attached hydrogens (tertiary/aromatic N) is 4. The molecule has 3 heterocycles. The molecular weight excluding hydrogens is 448 g/mol. The Morgan fingerprint density at radius 3 is 2.39 bits per heavy atom. The van der Waals surface area contributed by atoms with Crippen LogP contribution in [0.1, 0.15) is 22.1 Å². The first-order valence-electron chi connectivity index (χ1n) is 12.4. The molecule has 7 heteroatoms. The van der Waals surface area contributed by atoms with Gasteiger partial charge in [0.15, 0.2) is 0 Å². The number of carbonyl (C=O) groups excluding carboxylic acids is 1. The van der Waals surface area contributed by atoms with Crippen LogP contribution in [-0.4, -0.2) is 61.3 Å². The third-order valence-electron chi connectivity index (χ3n) is 7.37. The molecule has 1 fully saturated rings. The molecule has 2 aliphatic heterocycles. The molecule has 1 unspecified atom stereocenters. The van der Waals surface area contributed by atoms with Gasteiger partial charge >= 0.3 is 0 Å². The normalized spacial score (nSPS) is 18.2. The van der Waals surface area contributed by atoms with Crippen molar-refractivity contribution < 1.29 is 4.79 Å². The van der Waals surface area contributed by atoms with E-state index in [9.17, 15) is 4.79 Å². The number of fused-ring (bicyclic) bond motifs is 1. The Labute approximate surface area is 211 Å². The minimum absolute atomic E-state index is 0.0740. The van der Waals surface area contributed by atoms with Crippen LogP contribution in [0.2, 0.25) is 0 Å². The highest BCUT2D eigenvalue weighted by molar-refractivity contribution is 6.02. The van der Waals surface area contributed by atoms with Crippen LogP contribution in [0.4, 0.5) is 11.4 Å². The van der Waals surface area contributed by atoms with Gasteiger partial charge in [0.25, 0.3) is 5.91 Å². The molecule has 0 saturated carbocycles. The number of hydrogen-bond donors (Lipinski definition) is 2. The standard InChI is InChI=1S/C29H30N6O/c1-33-14-16-35(17-15-33)23-12-10-20(11-13-23)21-6-5-7-22(18-21)27-25(19-30-32-27)28-31-29(36)24-8-3-4-9-26(24)34(28)2/h3-13,18-19,28H,14-17H2,1-2H3,(H,30,32)(H,31,36). The molecular formula is C29H30N6O. The van der Waals surface area contributed by atoms with Crippen molar-refractivity contribution in [2.24, 2.45) is 0 Å². The van der Waals surface area contributed by atoms with Gasteiger partial charge in [-0.15, -0.1) is 0 Å². The zero-order valence-corrected chi connectivity index (χ0v) is 20.6. The minimum Gasteiger partial charge on any atom is -0.369 e. The second-order valence-electron chi connectivity index (χ2n) is 9.62. The highest BCUT2D eigenvalue weighted by Crippen LogP contribution is 2.36. The molecule has 2 aliphatic rings. The van der Waals surface area contributed by atoms with E-state index in [0.717, 1.165) is 54.3 Å². The Kier molecular flexibility index (Phi) is 5.70. The number of anilines is 2. The largest absolute Gasteiger partial charge is 0.369 e. The van der Waals surface area contributed by atoms with Crippen LogP contribution in [0.5, 0.6) is 0 Å². The van der Waals surface area contributed by atoms with Crippen molar-refractivity contribution in [3.05, 3.63) is 90.1 Å². The van der Waals surface area contributed by atoms with Gasteiger partial charge in [-0.25, -0.2) is 0 Å². The molecule has 182 valence electrons. The van der Waals surface area contributed by atoms with E-state index < -0.39 is 0 Å². The fourth-order valence-corrected chi connectivity index (χ4v) is 5.22.